The van der Waals surface area contributed by atoms with Crippen LogP contribution in [0.5, 0.6) is 0 Å². The highest BCUT2D eigenvalue weighted by molar-refractivity contribution is 5.71. The van der Waals surface area contributed by atoms with Crippen LogP contribution in [0.2, 0.25) is 0 Å². The van der Waals surface area contributed by atoms with Crippen molar-refractivity contribution < 1.29 is 4.79 Å². The molecule has 2 unspecified atom stereocenters. The van der Waals surface area contributed by atoms with E-state index in [0.29, 0.717) is 12.5 Å². The molecule has 0 saturated heterocycles. The summed E-state index contributed by atoms with van der Waals surface area (Å²) in [7, 11) is 0. The highest BCUT2D eigenvalue weighted by Crippen LogP contribution is 2.26. The van der Waals surface area contributed by atoms with E-state index < -0.39 is 6.03 Å². The molecule has 2 atom stereocenters. The molecule has 92 valence electrons. The van der Waals surface area contributed by atoms with Gasteiger partial charge in [0.1, 0.15) is 0 Å². The van der Waals surface area contributed by atoms with E-state index in [1.165, 1.54) is 18.4 Å². The first-order valence-electron chi connectivity index (χ1n) is 5.99. The van der Waals surface area contributed by atoms with Gasteiger partial charge in [0.25, 0.3) is 0 Å². The fourth-order valence-electron chi connectivity index (χ4n) is 2.42. The molecule has 4 N–H and O–H groups in total. The Balaban J connectivity index is 2.10. The third kappa shape index (κ3) is 5.16. The third-order valence-corrected chi connectivity index (χ3v) is 2.92. The van der Waals surface area contributed by atoms with Crippen LogP contribution >= 0.6 is 0 Å². The number of rotatable bonds is 5. The first kappa shape index (κ1) is 13.0. The van der Waals surface area contributed by atoms with E-state index in [1.54, 1.807) is 0 Å². The topological polar surface area (TPSA) is 67.2 Å². The van der Waals surface area contributed by atoms with E-state index in [1.807, 2.05) is 0 Å². The Morgan fingerprint density at radius 2 is 2.31 bits per heavy atom. The van der Waals surface area contributed by atoms with Gasteiger partial charge in [0.05, 0.1) is 0 Å². The molecule has 0 saturated carbocycles. The second kappa shape index (κ2) is 6.53. The van der Waals surface area contributed by atoms with Crippen LogP contribution in [0.1, 0.15) is 26.7 Å². The molecule has 0 aromatic carbocycles. The summed E-state index contributed by atoms with van der Waals surface area (Å²) in [4.78, 5) is 10.4. The Kier molecular flexibility index (Phi) is 5.32. The first-order valence-corrected chi connectivity index (χ1v) is 5.99. The van der Waals surface area contributed by atoms with Gasteiger partial charge in [-0.05, 0) is 38.1 Å². The molecule has 0 aromatic heterocycles. The third-order valence-electron chi connectivity index (χ3n) is 2.92. The van der Waals surface area contributed by atoms with Gasteiger partial charge in [-0.15, -0.1) is 0 Å². The van der Waals surface area contributed by atoms with Crippen LogP contribution in [0, 0.1) is 11.8 Å². The summed E-state index contributed by atoms with van der Waals surface area (Å²) in [5.74, 6) is 1.43. The Morgan fingerprint density at radius 1 is 1.56 bits per heavy atom. The molecule has 0 heterocycles. The fourth-order valence-corrected chi connectivity index (χ4v) is 2.42. The van der Waals surface area contributed by atoms with E-state index in [9.17, 15) is 4.79 Å². The predicted octanol–water partition coefficient (Wildman–Crippen LogP) is 1.24. The minimum absolute atomic E-state index is 0.452. The van der Waals surface area contributed by atoms with Gasteiger partial charge in [-0.3, -0.25) is 0 Å². The van der Waals surface area contributed by atoms with Crippen molar-refractivity contribution in [3.63, 3.8) is 0 Å². The number of primary amides is 1. The molecule has 0 bridgehead atoms. The minimum Gasteiger partial charge on any atom is -0.352 e. The lowest BCUT2D eigenvalue weighted by Crippen LogP contribution is -2.37. The van der Waals surface area contributed by atoms with Crippen molar-refractivity contribution in [2.24, 2.45) is 17.6 Å². The molecule has 4 nitrogen and oxygen atoms in total. The maximum Gasteiger partial charge on any atom is 0.312 e. The van der Waals surface area contributed by atoms with E-state index >= 15 is 0 Å². The highest BCUT2D eigenvalue weighted by Gasteiger charge is 2.17. The summed E-state index contributed by atoms with van der Waals surface area (Å²) in [6, 6.07) is -0.452. The highest BCUT2D eigenvalue weighted by atomic mass is 16.2. The maximum absolute atomic E-state index is 10.4. The second-order valence-corrected chi connectivity index (χ2v) is 4.79. The van der Waals surface area contributed by atoms with Crippen LogP contribution in [0.15, 0.2) is 11.6 Å². The number of amides is 2. The summed E-state index contributed by atoms with van der Waals surface area (Å²) in [6.07, 6.45) is 4.82. The zero-order valence-corrected chi connectivity index (χ0v) is 10.3. The maximum atomic E-state index is 10.4. The van der Waals surface area contributed by atoms with Crippen molar-refractivity contribution in [3.05, 3.63) is 11.6 Å². The van der Waals surface area contributed by atoms with E-state index in [4.69, 9.17) is 5.73 Å². The average molecular weight is 225 g/mol. The number of carbonyl (C=O) groups is 1. The zero-order chi connectivity index (χ0) is 12.0. The van der Waals surface area contributed by atoms with Gasteiger partial charge in [0, 0.05) is 13.1 Å². The largest absolute Gasteiger partial charge is 0.352 e. The Labute approximate surface area is 97.7 Å². The van der Waals surface area contributed by atoms with Crippen molar-refractivity contribution >= 4 is 6.03 Å². The van der Waals surface area contributed by atoms with E-state index in [-0.39, 0.29) is 0 Å². The van der Waals surface area contributed by atoms with Gasteiger partial charge < -0.3 is 16.4 Å². The van der Waals surface area contributed by atoms with Gasteiger partial charge in [-0.1, -0.05) is 18.6 Å². The molecule has 0 aliphatic heterocycles. The number of hydrogen-bond acceptors (Lipinski definition) is 2. The monoisotopic (exact) mass is 225 g/mol. The predicted molar refractivity (Wildman–Crippen MR) is 66.1 cm³/mol. The number of allylic oxidation sites excluding steroid dienone is 2. The molecule has 1 aliphatic carbocycles. The number of hydrogen-bond donors (Lipinski definition) is 3. The smallest absolute Gasteiger partial charge is 0.312 e. The number of urea groups is 1. The van der Waals surface area contributed by atoms with Gasteiger partial charge >= 0.3 is 6.03 Å². The van der Waals surface area contributed by atoms with Crippen molar-refractivity contribution in [1.29, 1.82) is 0 Å². The number of carbonyl (C=O) groups excluding carboxylic acids is 1. The SMILES string of the molecule is CC1=CC(C)CC(CNCCNC(N)=O)C1. The molecule has 1 rings (SSSR count). The van der Waals surface area contributed by atoms with Crippen molar-refractivity contribution in [2.45, 2.75) is 26.7 Å². The normalized spacial score (nSPS) is 25.0. The van der Waals surface area contributed by atoms with E-state index in [2.05, 4.69) is 30.6 Å². The molecule has 0 spiro atoms. The van der Waals surface area contributed by atoms with Crippen LogP contribution in [-0.2, 0) is 0 Å². The molecular formula is C12H23N3O. The summed E-state index contributed by atoms with van der Waals surface area (Å²) < 4.78 is 0. The van der Waals surface area contributed by atoms with Crippen LogP contribution in [0.4, 0.5) is 4.79 Å². The molecule has 4 heteroatoms. The molecule has 1 aliphatic rings. The van der Waals surface area contributed by atoms with Gasteiger partial charge in [-0.2, -0.15) is 0 Å². The average Bonchev–Trinajstić information content (AvgIpc) is 2.15. The molecule has 0 fully saturated rings. The van der Waals surface area contributed by atoms with Crippen LogP contribution < -0.4 is 16.4 Å². The van der Waals surface area contributed by atoms with Crippen LogP contribution in [0.3, 0.4) is 0 Å². The van der Waals surface area contributed by atoms with Crippen molar-refractivity contribution in [2.75, 3.05) is 19.6 Å². The number of nitrogens with two attached hydrogens (primary N) is 1. The molecule has 0 radical (unpaired) electrons. The van der Waals surface area contributed by atoms with Gasteiger partial charge in [0.2, 0.25) is 0 Å². The number of nitrogens with one attached hydrogen (secondary N) is 2. The zero-order valence-electron chi connectivity index (χ0n) is 10.3. The second-order valence-electron chi connectivity index (χ2n) is 4.79. The summed E-state index contributed by atoms with van der Waals surface area (Å²) in [5.41, 5.74) is 6.47. The van der Waals surface area contributed by atoms with Gasteiger partial charge in [0.15, 0.2) is 0 Å². The standard InChI is InChI=1S/C12H23N3O/c1-9-5-10(2)7-11(6-9)8-14-3-4-15-12(13)16/h5,9,11,14H,3-4,6-8H2,1-2H3,(H3,13,15,16). The van der Waals surface area contributed by atoms with Crippen LogP contribution in [-0.4, -0.2) is 25.7 Å². The van der Waals surface area contributed by atoms with Gasteiger partial charge in [-0.25, -0.2) is 4.79 Å². The Morgan fingerprint density at radius 3 is 2.94 bits per heavy atom. The molecule has 2 amide bonds. The lowest BCUT2D eigenvalue weighted by molar-refractivity contribution is 0.249. The molecular weight excluding hydrogens is 202 g/mol. The Bertz CT molecular complexity index is 263. The minimum atomic E-state index is -0.452. The Hall–Kier alpha value is -1.03. The summed E-state index contributed by atoms with van der Waals surface area (Å²) in [6.45, 7) is 6.89. The fraction of sp³-hybridized carbons (Fsp3) is 0.750. The quantitative estimate of drug-likeness (QED) is 0.487. The molecule has 0 aromatic rings. The lowest BCUT2D eigenvalue weighted by Gasteiger charge is -2.25. The van der Waals surface area contributed by atoms with E-state index in [0.717, 1.165) is 19.0 Å². The molecule has 16 heavy (non-hydrogen) atoms. The van der Waals surface area contributed by atoms with Crippen LogP contribution in [0.25, 0.3) is 0 Å². The van der Waals surface area contributed by atoms with Crippen molar-refractivity contribution in [1.82, 2.24) is 10.6 Å². The van der Waals surface area contributed by atoms with Crippen molar-refractivity contribution in [3.8, 4) is 0 Å². The summed E-state index contributed by atoms with van der Waals surface area (Å²) in [5, 5.41) is 5.92. The summed E-state index contributed by atoms with van der Waals surface area (Å²) >= 11 is 0. The lowest BCUT2D eigenvalue weighted by atomic mass is 9.84. The first-order chi connectivity index (χ1) is 7.58.